The molecule has 1 aliphatic rings. The molecule has 0 aliphatic carbocycles. The summed E-state index contributed by atoms with van der Waals surface area (Å²) in [6.07, 6.45) is 2.07. The molecule has 1 heterocycles. The molecule has 0 saturated carbocycles. The first kappa shape index (κ1) is 13.7. The molecule has 3 rings (SSSR count). The Kier molecular flexibility index (Phi) is 3.91. The van der Waals surface area contributed by atoms with Crippen LogP contribution in [0.5, 0.6) is 5.75 Å². The third kappa shape index (κ3) is 2.77. The predicted molar refractivity (Wildman–Crippen MR) is 82.4 cm³/mol. The number of hydrogen-bond acceptors (Lipinski definition) is 2. The number of hydrogen-bond donors (Lipinski definition) is 0. The Balaban J connectivity index is 1.83. The van der Waals surface area contributed by atoms with Crippen LogP contribution >= 0.6 is 0 Å². The molecule has 0 radical (unpaired) electrons. The fraction of sp³-hybridized carbons (Fsp3) is 0.278. The molecule has 1 atom stereocenters. The molecule has 1 fully saturated rings. The summed E-state index contributed by atoms with van der Waals surface area (Å²) in [6, 6.07) is 17.7. The summed E-state index contributed by atoms with van der Waals surface area (Å²) in [7, 11) is 1.66. The Labute approximate surface area is 125 Å². The summed E-state index contributed by atoms with van der Waals surface area (Å²) in [5.41, 5.74) is 1.94. The third-order valence-electron chi connectivity index (χ3n) is 4.03. The Bertz CT molecular complexity index is 607. The van der Waals surface area contributed by atoms with Crippen LogP contribution in [0.1, 0.15) is 34.8 Å². The summed E-state index contributed by atoms with van der Waals surface area (Å²) in [6.45, 7) is 0.824. The number of ether oxygens (including phenoxy) is 1. The van der Waals surface area contributed by atoms with Crippen LogP contribution in [-0.2, 0) is 0 Å². The first-order valence-corrected chi connectivity index (χ1v) is 7.29. The molecule has 3 heteroatoms. The molecule has 21 heavy (non-hydrogen) atoms. The lowest BCUT2D eigenvalue weighted by atomic mass is 10.0. The highest BCUT2D eigenvalue weighted by Crippen LogP contribution is 2.33. The Hall–Kier alpha value is -2.29. The number of carbonyl (C=O) groups excluding carboxylic acids is 1. The van der Waals surface area contributed by atoms with Crippen molar-refractivity contribution >= 4 is 5.91 Å². The van der Waals surface area contributed by atoms with Crippen LogP contribution in [-0.4, -0.2) is 24.5 Å². The van der Waals surface area contributed by atoms with Crippen molar-refractivity contribution in [3.05, 3.63) is 65.7 Å². The topological polar surface area (TPSA) is 29.5 Å². The number of likely N-dealkylation sites (tertiary alicyclic amines) is 1. The van der Waals surface area contributed by atoms with Crippen LogP contribution < -0.4 is 4.74 Å². The van der Waals surface area contributed by atoms with Crippen molar-refractivity contribution in [1.29, 1.82) is 0 Å². The van der Waals surface area contributed by atoms with Crippen molar-refractivity contribution in [2.75, 3.05) is 13.7 Å². The van der Waals surface area contributed by atoms with Crippen LogP contribution in [0.25, 0.3) is 0 Å². The van der Waals surface area contributed by atoms with Gasteiger partial charge in [-0.2, -0.15) is 0 Å². The number of rotatable bonds is 3. The summed E-state index contributed by atoms with van der Waals surface area (Å²) in [5.74, 6) is 0.964. The molecule has 1 saturated heterocycles. The average molecular weight is 281 g/mol. The van der Waals surface area contributed by atoms with Gasteiger partial charge in [0.05, 0.1) is 13.2 Å². The maximum Gasteiger partial charge on any atom is 0.254 e. The second-order valence-electron chi connectivity index (χ2n) is 5.30. The van der Waals surface area contributed by atoms with E-state index in [0.717, 1.165) is 30.7 Å². The monoisotopic (exact) mass is 281 g/mol. The minimum atomic E-state index is 0.119. The first-order chi connectivity index (χ1) is 10.3. The summed E-state index contributed by atoms with van der Waals surface area (Å²) >= 11 is 0. The van der Waals surface area contributed by atoms with Gasteiger partial charge in [0.1, 0.15) is 5.75 Å². The van der Waals surface area contributed by atoms with E-state index in [-0.39, 0.29) is 11.9 Å². The van der Waals surface area contributed by atoms with Gasteiger partial charge in [-0.3, -0.25) is 4.79 Å². The van der Waals surface area contributed by atoms with Crippen molar-refractivity contribution in [2.24, 2.45) is 0 Å². The van der Waals surface area contributed by atoms with Gasteiger partial charge >= 0.3 is 0 Å². The van der Waals surface area contributed by atoms with Crippen molar-refractivity contribution in [1.82, 2.24) is 4.90 Å². The molecule has 2 aromatic carbocycles. The van der Waals surface area contributed by atoms with Gasteiger partial charge in [-0.05, 0) is 42.7 Å². The molecule has 0 bridgehead atoms. The highest BCUT2D eigenvalue weighted by atomic mass is 16.5. The Morgan fingerprint density at radius 1 is 1.10 bits per heavy atom. The largest absolute Gasteiger partial charge is 0.497 e. The molecule has 0 aromatic heterocycles. The van der Waals surface area contributed by atoms with Gasteiger partial charge in [0, 0.05) is 12.1 Å². The molecule has 2 aromatic rings. The fourth-order valence-corrected chi connectivity index (χ4v) is 2.93. The van der Waals surface area contributed by atoms with E-state index in [2.05, 4.69) is 12.1 Å². The molecular weight excluding hydrogens is 262 g/mol. The summed E-state index contributed by atoms with van der Waals surface area (Å²) < 4.78 is 5.19. The third-order valence-corrected chi connectivity index (χ3v) is 4.03. The quantitative estimate of drug-likeness (QED) is 0.859. The molecule has 108 valence electrons. The number of nitrogens with zero attached hydrogens (tertiary/aromatic N) is 1. The van der Waals surface area contributed by atoms with Crippen molar-refractivity contribution in [3.8, 4) is 5.75 Å². The molecule has 1 amide bonds. The standard InChI is InChI=1S/C18H19NO2/c1-21-16-11-9-14(10-12-16)17-8-5-13-19(17)18(20)15-6-3-2-4-7-15/h2-4,6-7,9-12,17H,5,8,13H2,1H3/t17-/m1/s1. The van der Waals surface area contributed by atoms with Gasteiger partial charge in [0.15, 0.2) is 0 Å². The zero-order chi connectivity index (χ0) is 14.7. The van der Waals surface area contributed by atoms with E-state index in [1.165, 1.54) is 5.56 Å². The SMILES string of the molecule is COc1ccc([C@H]2CCCN2C(=O)c2ccccc2)cc1. The molecule has 0 N–H and O–H groups in total. The Morgan fingerprint density at radius 3 is 2.48 bits per heavy atom. The highest BCUT2D eigenvalue weighted by molar-refractivity contribution is 5.94. The molecule has 1 aliphatic heterocycles. The normalized spacial score (nSPS) is 17.8. The van der Waals surface area contributed by atoms with Crippen LogP contribution in [0, 0.1) is 0 Å². The summed E-state index contributed by atoms with van der Waals surface area (Å²) in [4.78, 5) is 14.6. The zero-order valence-electron chi connectivity index (χ0n) is 12.2. The van der Waals surface area contributed by atoms with E-state index >= 15 is 0 Å². The second kappa shape index (κ2) is 6.00. The Morgan fingerprint density at radius 2 is 1.81 bits per heavy atom. The van der Waals surface area contributed by atoms with E-state index in [0.29, 0.717) is 0 Å². The fourth-order valence-electron chi connectivity index (χ4n) is 2.93. The minimum absolute atomic E-state index is 0.119. The second-order valence-corrected chi connectivity index (χ2v) is 5.30. The maximum atomic E-state index is 12.7. The number of amides is 1. The van der Waals surface area contributed by atoms with Gasteiger partial charge in [-0.15, -0.1) is 0 Å². The van der Waals surface area contributed by atoms with Gasteiger partial charge in [0.25, 0.3) is 5.91 Å². The molecular formula is C18H19NO2. The molecule has 3 nitrogen and oxygen atoms in total. The van der Waals surface area contributed by atoms with Crippen LogP contribution in [0.2, 0.25) is 0 Å². The van der Waals surface area contributed by atoms with E-state index in [1.807, 2.05) is 47.4 Å². The van der Waals surface area contributed by atoms with E-state index in [4.69, 9.17) is 4.74 Å². The lowest BCUT2D eigenvalue weighted by molar-refractivity contribution is 0.0735. The van der Waals surface area contributed by atoms with Gasteiger partial charge < -0.3 is 9.64 Å². The maximum absolute atomic E-state index is 12.7. The van der Waals surface area contributed by atoms with Crippen LogP contribution in [0.4, 0.5) is 0 Å². The van der Waals surface area contributed by atoms with Gasteiger partial charge in [0.2, 0.25) is 0 Å². The molecule has 0 spiro atoms. The van der Waals surface area contributed by atoms with E-state index < -0.39 is 0 Å². The molecule has 0 unspecified atom stereocenters. The zero-order valence-corrected chi connectivity index (χ0v) is 12.2. The van der Waals surface area contributed by atoms with Gasteiger partial charge in [-0.1, -0.05) is 30.3 Å². The van der Waals surface area contributed by atoms with Crippen LogP contribution in [0.15, 0.2) is 54.6 Å². The lowest BCUT2D eigenvalue weighted by Gasteiger charge is -2.25. The average Bonchev–Trinajstić information content (AvgIpc) is 3.04. The van der Waals surface area contributed by atoms with Crippen LogP contribution in [0.3, 0.4) is 0 Å². The minimum Gasteiger partial charge on any atom is -0.497 e. The number of carbonyl (C=O) groups is 1. The van der Waals surface area contributed by atoms with E-state index in [1.54, 1.807) is 7.11 Å². The predicted octanol–water partition coefficient (Wildman–Crippen LogP) is 3.67. The van der Waals surface area contributed by atoms with E-state index in [9.17, 15) is 4.79 Å². The van der Waals surface area contributed by atoms with Crippen molar-refractivity contribution in [2.45, 2.75) is 18.9 Å². The smallest absolute Gasteiger partial charge is 0.254 e. The number of benzene rings is 2. The lowest BCUT2D eigenvalue weighted by Crippen LogP contribution is -2.30. The van der Waals surface area contributed by atoms with Crippen molar-refractivity contribution in [3.63, 3.8) is 0 Å². The number of methoxy groups -OCH3 is 1. The highest BCUT2D eigenvalue weighted by Gasteiger charge is 2.30. The van der Waals surface area contributed by atoms with Crippen molar-refractivity contribution < 1.29 is 9.53 Å². The van der Waals surface area contributed by atoms with Gasteiger partial charge in [-0.25, -0.2) is 0 Å². The summed E-state index contributed by atoms with van der Waals surface area (Å²) in [5, 5.41) is 0. The first-order valence-electron chi connectivity index (χ1n) is 7.29.